The summed E-state index contributed by atoms with van der Waals surface area (Å²) in [6, 6.07) is 32.2. The summed E-state index contributed by atoms with van der Waals surface area (Å²) in [4.78, 5) is 28.4. The smallest absolute Gasteiger partial charge is 0.301 e. The van der Waals surface area contributed by atoms with Crippen LogP contribution in [0.25, 0.3) is 5.76 Å². The van der Waals surface area contributed by atoms with E-state index in [1.807, 2.05) is 66.7 Å². The highest BCUT2D eigenvalue weighted by molar-refractivity contribution is 8.00. The molecule has 5 aromatic rings. The zero-order chi connectivity index (χ0) is 29.8. The average molecular weight is 626 g/mol. The number of carbonyl (C=O) groups excluding carboxylic acids is 2. The van der Waals surface area contributed by atoms with Gasteiger partial charge in [0, 0.05) is 16.3 Å². The number of ether oxygens (including phenoxy) is 1. The van der Waals surface area contributed by atoms with Crippen LogP contribution in [0, 0.1) is 0 Å². The van der Waals surface area contributed by atoms with Crippen LogP contribution in [0.3, 0.4) is 0 Å². The number of thioether (sulfide) groups is 1. The number of anilines is 1. The molecule has 0 radical (unpaired) electrons. The van der Waals surface area contributed by atoms with E-state index in [2.05, 4.69) is 10.2 Å². The molecular weight excluding hydrogens is 602 g/mol. The van der Waals surface area contributed by atoms with Crippen LogP contribution in [0.4, 0.5) is 5.13 Å². The van der Waals surface area contributed by atoms with Crippen LogP contribution in [0.5, 0.6) is 5.75 Å². The van der Waals surface area contributed by atoms with Crippen LogP contribution in [-0.2, 0) is 21.9 Å². The normalized spacial score (nSPS) is 16.0. The molecule has 1 N–H and O–H groups in total. The van der Waals surface area contributed by atoms with Crippen molar-refractivity contribution in [2.75, 3.05) is 4.90 Å². The summed E-state index contributed by atoms with van der Waals surface area (Å²) in [5, 5.41) is 20.9. The molecule has 43 heavy (non-hydrogen) atoms. The van der Waals surface area contributed by atoms with Gasteiger partial charge in [-0.25, -0.2) is 0 Å². The standard InChI is InChI=1S/C33H24ClN3O4S2/c34-25-16-14-22(15-17-25)20-42-33-36-35-32(43-33)37-28(27(30(39)31(37)40)29(38)23-10-5-2-6-11-23)24-12-7-13-26(18-24)41-19-21-8-3-1-4-9-21/h1-18,28,38H,19-20H2/b29-27+. The monoisotopic (exact) mass is 625 g/mol. The van der Waals surface area contributed by atoms with E-state index in [1.165, 1.54) is 28.0 Å². The molecule has 1 aliphatic rings. The van der Waals surface area contributed by atoms with Gasteiger partial charge in [-0.2, -0.15) is 0 Å². The molecule has 6 rings (SSSR count). The van der Waals surface area contributed by atoms with E-state index < -0.39 is 17.7 Å². The number of Topliss-reactive ketones (excluding diaryl/α,β-unsaturated/α-hetero) is 1. The number of ketones is 1. The molecule has 4 aromatic carbocycles. The van der Waals surface area contributed by atoms with Crippen LogP contribution in [0.2, 0.25) is 5.02 Å². The molecule has 1 aromatic heterocycles. The van der Waals surface area contributed by atoms with Gasteiger partial charge in [-0.15, -0.1) is 10.2 Å². The first-order valence-corrected chi connectivity index (χ1v) is 15.5. The molecule has 0 aliphatic carbocycles. The number of hydrogen-bond donors (Lipinski definition) is 1. The highest BCUT2D eigenvalue weighted by Crippen LogP contribution is 2.44. The molecule has 0 saturated carbocycles. The number of hydrogen-bond acceptors (Lipinski definition) is 8. The molecule has 2 heterocycles. The van der Waals surface area contributed by atoms with Crippen molar-refractivity contribution in [3.8, 4) is 5.75 Å². The SMILES string of the molecule is O=C1C(=O)N(c2nnc(SCc3ccc(Cl)cc3)s2)C(c2cccc(OCc3ccccc3)c2)/C1=C(\O)c1ccccc1. The molecular formula is C33H24ClN3O4S2. The van der Waals surface area contributed by atoms with E-state index in [9.17, 15) is 14.7 Å². The van der Waals surface area contributed by atoms with Crippen molar-refractivity contribution in [1.29, 1.82) is 0 Å². The Balaban J connectivity index is 1.35. The highest BCUT2D eigenvalue weighted by atomic mass is 35.5. The minimum Gasteiger partial charge on any atom is -0.507 e. The maximum atomic E-state index is 13.6. The number of carbonyl (C=O) groups is 2. The number of aromatic nitrogens is 2. The lowest BCUT2D eigenvalue weighted by Gasteiger charge is -2.23. The van der Waals surface area contributed by atoms with Crippen LogP contribution < -0.4 is 9.64 Å². The van der Waals surface area contributed by atoms with Crippen molar-refractivity contribution in [3.63, 3.8) is 0 Å². The van der Waals surface area contributed by atoms with Gasteiger partial charge < -0.3 is 9.84 Å². The summed E-state index contributed by atoms with van der Waals surface area (Å²) in [7, 11) is 0. The Bertz CT molecular complexity index is 1790. The summed E-state index contributed by atoms with van der Waals surface area (Å²) in [5.41, 5.74) is 3.05. The van der Waals surface area contributed by atoms with Crippen LogP contribution in [-0.4, -0.2) is 27.0 Å². The minimum atomic E-state index is -0.942. The molecule has 7 nitrogen and oxygen atoms in total. The van der Waals surface area contributed by atoms with Gasteiger partial charge in [0.25, 0.3) is 5.78 Å². The third-order valence-corrected chi connectivity index (χ3v) is 9.17. The summed E-state index contributed by atoms with van der Waals surface area (Å²) >= 11 is 8.68. The highest BCUT2D eigenvalue weighted by Gasteiger charge is 2.48. The lowest BCUT2D eigenvalue weighted by Crippen LogP contribution is -2.29. The molecule has 1 unspecified atom stereocenters. The van der Waals surface area contributed by atoms with Crippen LogP contribution in [0.15, 0.2) is 119 Å². The van der Waals surface area contributed by atoms with Crippen molar-refractivity contribution in [3.05, 3.63) is 142 Å². The molecule has 1 amide bonds. The van der Waals surface area contributed by atoms with Crippen LogP contribution >= 0.6 is 34.7 Å². The third kappa shape index (κ3) is 6.34. The maximum absolute atomic E-state index is 13.6. The van der Waals surface area contributed by atoms with Crippen molar-refractivity contribution in [2.24, 2.45) is 0 Å². The first kappa shape index (κ1) is 28.7. The second-order valence-corrected chi connectivity index (χ2v) is 12.3. The Labute approximate surface area is 261 Å². The van der Waals surface area contributed by atoms with Gasteiger partial charge >= 0.3 is 5.91 Å². The van der Waals surface area contributed by atoms with Gasteiger partial charge in [0.2, 0.25) is 5.13 Å². The number of aliphatic hydroxyl groups is 1. The minimum absolute atomic E-state index is 0.0259. The second-order valence-electron chi connectivity index (χ2n) is 9.65. The maximum Gasteiger partial charge on any atom is 0.301 e. The molecule has 1 saturated heterocycles. The molecule has 1 fully saturated rings. The topological polar surface area (TPSA) is 92.6 Å². The quantitative estimate of drug-likeness (QED) is 0.0590. The zero-order valence-electron chi connectivity index (χ0n) is 22.6. The van der Waals surface area contributed by atoms with Crippen molar-refractivity contribution in [1.82, 2.24) is 10.2 Å². The van der Waals surface area contributed by atoms with Gasteiger partial charge in [0.1, 0.15) is 18.1 Å². The van der Waals surface area contributed by atoms with Gasteiger partial charge in [0.15, 0.2) is 4.34 Å². The van der Waals surface area contributed by atoms with E-state index in [1.54, 1.807) is 42.5 Å². The fourth-order valence-corrected chi connectivity index (χ4v) is 6.65. The van der Waals surface area contributed by atoms with E-state index in [0.29, 0.717) is 38.6 Å². The summed E-state index contributed by atoms with van der Waals surface area (Å²) in [6.45, 7) is 0.346. The van der Waals surface area contributed by atoms with Crippen LogP contribution in [0.1, 0.15) is 28.3 Å². The number of benzene rings is 4. The third-order valence-electron chi connectivity index (χ3n) is 6.79. The predicted molar refractivity (Wildman–Crippen MR) is 169 cm³/mol. The first-order valence-electron chi connectivity index (χ1n) is 13.3. The van der Waals surface area contributed by atoms with Gasteiger partial charge in [-0.1, -0.05) is 120 Å². The largest absolute Gasteiger partial charge is 0.507 e. The fraction of sp³-hybridized carbons (Fsp3) is 0.0909. The molecule has 1 aliphatic heterocycles. The van der Waals surface area contributed by atoms with E-state index in [-0.39, 0.29) is 16.5 Å². The average Bonchev–Trinajstić information content (AvgIpc) is 3.62. The summed E-state index contributed by atoms with van der Waals surface area (Å²) in [5.74, 6) is -0.661. The number of nitrogens with zero attached hydrogens (tertiary/aromatic N) is 3. The number of amides is 1. The van der Waals surface area contributed by atoms with Crippen molar-refractivity contribution < 1.29 is 19.4 Å². The van der Waals surface area contributed by atoms with E-state index in [4.69, 9.17) is 16.3 Å². The Morgan fingerprint density at radius 2 is 1.60 bits per heavy atom. The molecule has 10 heteroatoms. The second kappa shape index (κ2) is 12.8. The Kier molecular flexibility index (Phi) is 8.55. The number of halogens is 1. The lowest BCUT2D eigenvalue weighted by molar-refractivity contribution is -0.132. The first-order chi connectivity index (χ1) is 21.0. The van der Waals surface area contributed by atoms with Crippen molar-refractivity contribution >= 4 is 57.3 Å². The van der Waals surface area contributed by atoms with Gasteiger partial charge in [-0.05, 0) is 41.0 Å². The van der Waals surface area contributed by atoms with E-state index in [0.717, 1.165) is 11.1 Å². The number of aliphatic hydroxyl groups excluding tert-OH is 1. The van der Waals surface area contributed by atoms with E-state index >= 15 is 0 Å². The molecule has 214 valence electrons. The lowest BCUT2D eigenvalue weighted by atomic mass is 9.95. The Morgan fingerprint density at radius 1 is 0.884 bits per heavy atom. The zero-order valence-corrected chi connectivity index (χ0v) is 25.0. The fourth-order valence-electron chi connectivity index (χ4n) is 4.70. The predicted octanol–water partition coefficient (Wildman–Crippen LogP) is 7.69. The summed E-state index contributed by atoms with van der Waals surface area (Å²) in [6.07, 6.45) is 0. The number of rotatable bonds is 9. The molecule has 0 bridgehead atoms. The van der Waals surface area contributed by atoms with Crippen molar-refractivity contribution in [2.45, 2.75) is 22.7 Å². The van der Waals surface area contributed by atoms with Gasteiger partial charge in [0.05, 0.1) is 11.6 Å². The summed E-state index contributed by atoms with van der Waals surface area (Å²) < 4.78 is 6.68. The molecule has 1 atom stereocenters. The van der Waals surface area contributed by atoms with Gasteiger partial charge in [-0.3, -0.25) is 14.5 Å². The molecule has 0 spiro atoms. The Morgan fingerprint density at radius 3 is 2.35 bits per heavy atom. The Hall–Kier alpha value is -4.44.